The molecule has 35 heavy (non-hydrogen) atoms. The van der Waals surface area contributed by atoms with Crippen LogP contribution in [0.25, 0.3) is 32.4 Å². The van der Waals surface area contributed by atoms with Gasteiger partial charge in [0.1, 0.15) is 0 Å². The molecule has 0 saturated carbocycles. The maximum absolute atomic E-state index is 3.24. The summed E-state index contributed by atoms with van der Waals surface area (Å²) in [7, 11) is 0. The predicted octanol–water partition coefficient (Wildman–Crippen LogP) is 9.53. The Labute approximate surface area is 209 Å². The number of para-hydroxylation sites is 1. The van der Waals surface area contributed by atoms with Crippen LogP contribution in [0.2, 0.25) is 0 Å². The molecule has 6 aromatic rings. The minimum atomic E-state index is 1.10. The predicted molar refractivity (Wildman–Crippen MR) is 154 cm³/mol. The van der Waals surface area contributed by atoms with Crippen LogP contribution in [-0.4, -0.2) is 4.98 Å². The molecule has 0 bridgehead atoms. The van der Waals surface area contributed by atoms with Gasteiger partial charge in [0, 0.05) is 17.1 Å². The van der Waals surface area contributed by atoms with E-state index in [0.717, 1.165) is 19.3 Å². The molecule has 0 aliphatic heterocycles. The molecule has 0 amide bonds. The summed E-state index contributed by atoms with van der Waals surface area (Å²) in [4.78, 5) is 3.24. The summed E-state index contributed by atoms with van der Waals surface area (Å²) in [5.74, 6) is 0. The van der Waals surface area contributed by atoms with Crippen LogP contribution >= 0.6 is 0 Å². The summed E-state index contributed by atoms with van der Waals surface area (Å²) >= 11 is 0. The van der Waals surface area contributed by atoms with Crippen molar-refractivity contribution in [2.24, 2.45) is 0 Å². The Hall–Kier alpha value is -3.84. The second-order valence-electron chi connectivity index (χ2n) is 8.74. The number of rotatable bonds is 3. The van der Waals surface area contributed by atoms with Crippen LogP contribution in [-0.2, 0) is 19.3 Å². The Morgan fingerprint density at radius 3 is 1.86 bits per heavy atom. The van der Waals surface area contributed by atoms with Crippen molar-refractivity contribution in [3.8, 4) is 0 Å². The SMILES string of the molecule is CCc1c[nH]c2ccccc12.CCc1ccc2ccccc2c1.CCc1cccc2ccccc12. The van der Waals surface area contributed by atoms with E-state index >= 15 is 0 Å². The molecule has 0 radical (unpaired) electrons. The number of H-pyrrole nitrogens is 1. The number of hydrogen-bond donors (Lipinski definition) is 1. The van der Waals surface area contributed by atoms with Crippen molar-refractivity contribution < 1.29 is 0 Å². The van der Waals surface area contributed by atoms with Crippen molar-refractivity contribution in [3.63, 3.8) is 0 Å². The maximum atomic E-state index is 3.24. The first-order valence-corrected chi connectivity index (χ1v) is 12.7. The van der Waals surface area contributed by atoms with Crippen LogP contribution in [0.4, 0.5) is 0 Å². The smallest absolute Gasteiger partial charge is 0.0456 e. The van der Waals surface area contributed by atoms with Crippen molar-refractivity contribution >= 4 is 32.4 Å². The van der Waals surface area contributed by atoms with Crippen molar-refractivity contribution in [2.45, 2.75) is 40.0 Å². The van der Waals surface area contributed by atoms with Gasteiger partial charge in [-0.2, -0.15) is 0 Å². The average Bonchev–Trinajstić information content (AvgIpc) is 3.36. The zero-order chi connectivity index (χ0) is 24.5. The largest absolute Gasteiger partial charge is 0.361 e. The number of fused-ring (bicyclic) bond motifs is 3. The Morgan fingerprint density at radius 1 is 0.486 bits per heavy atom. The van der Waals surface area contributed by atoms with Gasteiger partial charge in [-0.15, -0.1) is 0 Å². The van der Waals surface area contributed by atoms with Gasteiger partial charge in [-0.25, -0.2) is 0 Å². The van der Waals surface area contributed by atoms with Gasteiger partial charge >= 0.3 is 0 Å². The van der Waals surface area contributed by atoms with Crippen LogP contribution in [0.15, 0.2) is 115 Å². The Balaban J connectivity index is 0.000000124. The lowest BCUT2D eigenvalue weighted by Crippen LogP contribution is -1.81. The topological polar surface area (TPSA) is 15.8 Å². The molecule has 176 valence electrons. The lowest BCUT2D eigenvalue weighted by atomic mass is 10.0. The highest BCUT2D eigenvalue weighted by Gasteiger charge is 1.98. The van der Waals surface area contributed by atoms with E-state index in [-0.39, 0.29) is 0 Å². The van der Waals surface area contributed by atoms with Crippen molar-refractivity contribution in [2.75, 3.05) is 0 Å². The van der Waals surface area contributed by atoms with Gasteiger partial charge in [0.2, 0.25) is 0 Å². The van der Waals surface area contributed by atoms with E-state index in [4.69, 9.17) is 0 Å². The van der Waals surface area contributed by atoms with Gasteiger partial charge < -0.3 is 4.98 Å². The molecule has 0 saturated heterocycles. The summed E-state index contributed by atoms with van der Waals surface area (Å²) in [6.45, 7) is 6.56. The molecule has 1 heteroatoms. The van der Waals surface area contributed by atoms with E-state index in [1.807, 2.05) is 0 Å². The first kappa shape index (κ1) is 24.3. The third kappa shape index (κ3) is 6.00. The van der Waals surface area contributed by atoms with Gasteiger partial charge in [-0.05, 0) is 63.6 Å². The number of hydrogen-bond acceptors (Lipinski definition) is 0. The maximum Gasteiger partial charge on any atom is 0.0456 e. The number of aromatic nitrogens is 1. The second kappa shape index (κ2) is 12.0. The molecule has 0 unspecified atom stereocenters. The van der Waals surface area contributed by atoms with Crippen LogP contribution in [0.5, 0.6) is 0 Å². The standard InChI is InChI=1S/2C12H12.C10H11N/c1-2-10-7-5-8-11-6-3-4-9-12(10)11;1-2-10-7-8-11-5-3-4-6-12(11)9-10;1-2-8-7-11-10-6-4-3-5-9(8)10/h2*3-9H,2H2,1H3;3-7,11H,2H2,1H3. The fraction of sp³-hybridized carbons (Fsp3) is 0.176. The molecule has 0 aliphatic rings. The fourth-order valence-corrected chi connectivity index (χ4v) is 4.48. The highest BCUT2D eigenvalue weighted by Crippen LogP contribution is 2.19. The van der Waals surface area contributed by atoms with Crippen molar-refractivity contribution in [1.82, 2.24) is 4.98 Å². The van der Waals surface area contributed by atoms with Gasteiger partial charge in [-0.1, -0.05) is 124 Å². The van der Waals surface area contributed by atoms with Gasteiger partial charge in [0.15, 0.2) is 0 Å². The monoisotopic (exact) mass is 457 g/mol. The normalized spacial score (nSPS) is 10.5. The third-order valence-electron chi connectivity index (χ3n) is 6.54. The lowest BCUT2D eigenvalue weighted by Gasteiger charge is -2.02. The summed E-state index contributed by atoms with van der Waals surface area (Å²) in [5, 5.41) is 6.76. The zero-order valence-electron chi connectivity index (χ0n) is 21.1. The Morgan fingerprint density at radius 2 is 1.11 bits per heavy atom. The van der Waals surface area contributed by atoms with Crippen LogP contribution in [0.1, 0.15) is 37.5 Å². The van der Waals surface area contributed by atoms with Crippen LogP contribution in [0, 0.1) is 0 Å². The zero-order valence-corrected chi connectivity index (χ0v) is 21.1. The van der Waals surface area contributed by atoms with Crippen LogP contribution in [0.3, 0.4) is 0 Å². The summed E-state index contributed by atoms with van der Waals surface area (Å²) in [6.07, 6.45) is 5.42. The minimum Gasteiger partial charge on any atom is -0.361 e. The lowest BCUT2D eigenvalue weighted by molar-refractivity contribution is 1.15. The van der Waals surface area contributed by atoms with Crippen molar-refractivity contribution in [1.29, 1.82) is 0 Å². The van der Waals surface area contributed by atoms with Gasteiger partial charge in [-0.3, -0.25) is 0 Å². The van der Waals surface area contributed by atoms with E-state index in [9.17, 15) is 0 Å². The molecule has 5 aromatic carbocycles. The molecule has 1 aromatic heterocycles. The summed E-state index contributed by atoms with van der Waals surface area (Å²) in [5.41, 5.74) is 5.49. The fourth-order valence-electron chi connectivity index (χ4n) is 4.48. The molecule has 1 nitrogen and oxygen atoms in total. The number of nitrogens with one attached hydrogen (secondary N) is 1. The highest BCUT2D eigenvalue weighted by atomic mass is 14.7. The number of benzene rings is 5. The first-order chi connectivity index (χ1) is 17.2. The van der Waals surface area contributed by atoms with Crippen molar-refractivity contribution in [3.05, 3.63) is 132 Å². The quantitative estimate of drug-likeness (QED) is 0.272. The third-order valence-corrected chi connectivity index (χ3v) is 6.54. The summed E-state index contributed by atoms with van der Waals surface area (Å²) < 4.78 is 0. The minimum absolute atomic E-state index is 1.10. The first-order valence-electron chi connectivity index (χ1n) is 12.7. The molecular formula is C34H35N. The second-order valence-corrected chi connectivity index (χ2v) is 8.74. The number of aromatic amines is 1. The molecular weight excluding hydrogens is 422 g/mol. The molecule has 6 rings (SSSR count). The highest BCUT2D eigenvalue weighted by molar-refractivity contribution is 5.86. The number of aryl methyl sites for hydroxylation is 3. The molecule has 1 N–H and O–H groups in total. The Bertz CT molecular complexity index is 1490. The molecule has 0 fully saturated rings. The van der Waals surface area contributed by atoms with E-state index in [2.05, 4.69) is 141 Å². The molecule has 1 heterocycles. The van der Waals surface area contributed by atoms with Gasteiger partial charge in [0.05, 0.1) is 0 Å². The summed E-state index contributed by atoms with van der Waals surface area (Å²) in [6, 6.07) is 38.5. The average molecular weight is 458 g/mol. The molecule has 0 atom stereocenters. The van der Waals surface area contributed by atoms with E-state index < -0.39 is 0 Å². The van der Waals surface area contributed by atoms with Crippen LogP contribution < -0.4 is 0 Å². The Kier molecular flexibility index (Phi) is 8.35. The van der Waals surface area contributed by atoms with Gasteiger partial charge in [0.25, 0.3) is 0 Å². The molecule has 0 aliphatic carbocycles. The van der Waals surface area contributed by atoms with E-state index in [0.29, 0.717) is 0 Å². The molecule has 0 spiro atoms. The van der Waals surface area contributed by atoms with E-state index in [1.54, 1.807) is 0 Å². The van der Waals surface area contributed by atoms with E-state index in [1.165, 1.54) is 49.1 Å².